The number of thioether (sulfide) groups is 1. The molecule has 3 heteroatoms. The molecule has 1 aliphatic rings. The molecule has 0 saturated carbocycles. The standard InChI is InChI=1S/C13H20N2S/c1-3-10-4-5-11-13(8-10)16-12(6-7-14)9(2)15-11/h4-5,8-9,12,15H,3,6-7,14H2,1-2H3. The van der Waals surface area contributed by atoms with E-state index in [4.69, 9.17) is 5.73 Å². The molecule has 2 rings (SSSR count). The summed E-state index contributed by atoms with van der Waals surface area (Å²) in [4.78, 5) is 1.39. The molecule has 0 aliphatic carbocycles. The highest BCUT2D eigenvalue weighted by molar-refractivity contribution is 8.00. The zero-order chi connectivity index (χ0) is 11.5. The van der Waals surface area contributed by atoms with Crippen LogP contribution in [0.4, 0.5) is 5.69 Å². The van der Waals surface area contributed by atoms with Crippen molar-refractivity contribution >= 4 is 17.4 Å². The van der Waals surface area contributed by atoms with Crippen LogP contribution in [0.15, 0.2) is 23.1 Å². The van der Waals surface area contributed by atoms with Gasteiger partial charge >= 0.3 is 0 Å². The molecule has 2 nitrogen and oxygen atoms in total. The number of hydrogen-bond donors (Lipinski definition) is 2. The number of rotatable bonds is 3. The van der Waals surface area contributed by atoms with Crippen molar-refractivity contribution in [3.05, 3.63) is 23.8 Å². The van der Waals surface area contributed by atoms with E-state index in [1.807, 2.05) is 11.8 Å². The van der Waals surface area contributed by atoms with Crippen molar-refractivity contribution in [3.8, 4) is 0 Å². The minimum Gasteiger partial charge on any atom is -0.381 e. The van der Waals surface area contributed by atoms with Crippen molar-refractivity contribution in [2.45, 2.75) is 42.9 Å². The second-order valence-electron chi connectivity index (χ2n) is 4.35. The maximum Gasteiger partial charge on any atom is 0.0481 e. The van der Waals surface area contributed by atoms with Crippen molar-refractivity contribution in [3.63, 3.8) is 0 Å². The zero-order valence-corrected chi connectivity index (χ0v) is 10.8. The number of nitrogens with two attached hydrogens (primary N) is 1. The Bertz CT molecular complexity index is 365. The van der Waals surface area contributed by atoms with E-state index in [2.05, 4.69) is 37.4 Å². The molecule has 1 aromatic carbocycles. The van der Waals surface area contributed by atoms with Crippen LogP contribution < -0.4 is 11.1 Å². The lowest BCUT2D eigenvalue weighted by Crippen LogP contribution is -2.33. The van der Waals surface area contributed by atoms with Crippen LogP contribution in [-0.2, 0) is 6.42 Å². The first kappa shape index (κ1) is 11.8. The molecule has 0 radical (unpaired) electrons. The largest absolute Gasteiger partial charge is 0.381 e. The maximum absolute atomic E-state index is 5.66. The van der Waals surface area contributed by atoms with Gasteiger partial charge in [-0.2, -0.15) is 0 Å². The van der Waals surface area contributed by atoms with Gasteiger partial charge < -0.3 is 11.1 Å². The summed E-state index contributed by atoms with van der Waals surface area (Å²) in [6.45, 7) is 5.21. The molecule has 1 heterocycles. The Hall–Kier alpha value is -0.670. The van der Waals surface area contributed by atoms with E-state index in [0.29, 0.717) is 11.3 Å². The van der Waals surface area contributed by atoms with Gasteiger partial charge in [0.15, 0.2) is 0 Å². The average molecular weight is 236 g/mol. The molecular formula is C13H20N2S. The van der Waals surface area contributed by atoms with E-state index in [1.165, 1.54) is 16.1 Å². The maximum atomic E-state index is 5.66. The first-order valence-electron chi connectivity index (χ1n) is 6.00. The fourth-order valence-corrected chi connectivity index (χ4v) is 3.41. The van der Waals surface area contributed by atoms with Crippen LogP contribution in [-0.4, -0.2) is 17.8 Å². The molecule has 3 N–H and O–H groups in total. The third-order valence-corrected chi connectivity index (χ3v) is 4.66. The molecule has 2 atom stereocenters. The third kappa shape index (κ3) is 2.36. The highest BCUT2D eigenvalue weighted by atomic mass is 32.2. The summed E-state index contributed by atoms with van der Waals surface area (Å²) in [6, 6.07) is 7.23. The molecule has 0 fully saturated rings. The summed E-state index contributed by atoms with van der Waals surface area (Å²) in [6.07, 6.45) is 2.18. The Kier molecular flexibility index (Phi) is 3.77. The van der Waals surface area contributed by atoms with Gasteiger partial charge in [0.2, 0.25) is 0 Å². The Morgan fingerprint density at radius 3 is 2.94 bits per heavy atom. The van der Waals surface area contributed by atoms with Crippen molar-refractivity contribution in [1.29, 1.82) is 0 Å². The molecule has 0 spiro atoms. The number of benzene rings is 1. The molecule has 0 amide bonds. The molecule has 88 valence electrons. The number of fused-ring (bicyclic) bond motifs is 1. The predicted octanol–water partition coefficient (Wildman–Crippen LogP) is 2.87. The fourth-order valence-electron chi connectivity index (χ4n) is 2.08. The molecular weight excluding hydrogens is 216 g/mol. The van der Waals surface area contributed by atoms with E-state index < -0.39 is 0 Å². The third-order valence-electron chi connectivity index (χ3n) is 3.12. The van der Waals surface area contributed by atoms with Crippen LogP contribution in [0.1, 0.15) is 25.8 Å². The molecule has 0 saturated heterocycles. The number of hydrogen-bond acceptors (Lipinski definition) is 3. The van der Waals surface area contributed by atoms with Gasteiger partial charge in [0.1, 0.15) is 0 Å². The normalized spacial score (nSPS) is 23.7. The van der Waals surface area contributed by atoms with E-state index in [0.717, 1.165) is 19.4 Å². The van der Waals surface area contributed by atoms with Crippen LogP contribution in [0.3, 0.4) is 0 Å². The van der Waals surface area contributed by atoms with Crippen LogP contribution in [0.5, 0.6) is 0 Å². The number of anilines is 1. The summed E-state index contributed by atoms with van der Waals surface area (Å²) in [5.74, 6) is 0. The Morgan fingerprint density at radius 2 is 2.25 bits per heavy atom. The molecule has 1 aliphatic heterocycles. The van der Waals surface area contributed by atoms with Crippen molar-refractivity contribution in [2.75, 3.05) is 11.9 Å². The smallest absolute Gasteiger partial charge is 0.0481 e. The summed E-state index contributed by atoms with van der Waals surface area (Å²) < 4.78 is 0. The van der Waals surface area contributed by atoms with E-state index >= 15 is 0 Å². The van der Waals surface area contributed by atoms with E-state index in [-0.39, 0.29) is 0 Å². The Balaban J connectivity index is 2.22. The lowest BCUT2D eigenvalue weighted by molar-refractivity contribution is 0.672. The molecule has 1 aromatic rings. The van der Waals surface area contributed by atoms with E-state index in [9.17, 15) is 0 Å². The summed E-state index contributed by atoms with van der Waals surface area (Å²) in [5, 5.41) is 4.17. The lowest BCUT2D eigenvalue weighted by Gasteiger charge is -2.32. The summed E-state index contributed by atoms with van der Waals surface area (Å²) in [5.41, 5.74) is 8.35. The molecule has 0 aromatic heterocycles. The highest BCUT2D eigenvalue weighted by Crippen LogP contribution is 2.39. The van der Waals surface area contributed by atoms with Gasteiger partial charge in [0.25, 0.3) is 0 Å². The lowest BCUT2D eigenvalue weighted by atomic mass is 10.1. The van der Waals surface area contributed by atoms with Gasteiger partial charge in [-0.3, -0.25) is 0 Å². The number of aryl methyl sites for hydroxylation is 1. The monoisotopic (exact) mass is 236 g/mol. The van der Waals surface area contributed by atoms with Gasteiger partial charge in [-0.15, -0.1) is 11.8 Å². The Morgan fingerprint density at radius 1 is 1.44 bits per heavy atom. The quantitative estimate of drug-likeness (QED) is 0.847. The van der Waals surface area contributed by atoms with Crippen molar-refractivity contribution < 1.29 is 0 Å². The minimum atomic E-state index is 0.508. The van der Waals surface area contributed by atoms with Gasteiger partial charge in [-0.05, 0) is 44.0 Å². The average Bonchev–Trinajstić information content (AvgIpc) is 2.30. The van der Waals surface area contributed by atoms with Gasteiger partial charge in [-0.25, -0.2) is 0 Å². The highest BCUT2D eigenvalue weighted by Gasteiger charge is 2.24. The second kappa shape index (κ2) is 5.11. The van der Waals surface area contributed by atoms with Gasteiger partial charge in [0.05, 0.1) is 0 Å². The van der Waals surface area contributed by atoms with Crippen LogP contribution in [0, 0.1) is 0 Å². The first-order chi connectivity index (χ1) is 7.74. The second-order valence-corrected chi connectivity index (χ2v) is 5.63. The van der Waals surface area contributed by atoms with Crippen LogP contribution in [0.25, 0.3) is 0 Å². The molecule has 2 unspecified atom stereocenters. The summed E-state index contributed by atoms with van der Waals surface area (Å²) in [7, 11) is 0. The van der Waals surface area contributed by atoms with Crippen LogP contribution in [0.2, 0.25) is 0 Å². The van der Waals surface area contributed by atoms with Crippen molar-refractivity contribution in [2.24, 2.45) is 5.73 Å². The SMILES string of the molecule is CCc1ccc2c(c1)SC(CCN)C(C)N2. The van der Waals surface area contributed by atoms with Crippen molar-refractivity contribution in [1.82, 2.24) is 0 Å². The topological polar surface area (TPSA) is 38.0 Å². The zero-order valence-electron chi connectivity index (χ0n) is 9.99. The molecule has 0 bridgehead atoms. The van der Waals surface area contributed by atoms with Gasteiger partial charge in [0, 0.05) is 21.9 Å². The predicted molar refractivity (Wildman–Crippen MR) is 72.2 cm³/mol. The summed E-state index contributed by atoms with van der Waals surface area (Å²) >= 11 is 1.98. The number of nitrogens with one attached hydrogen (secondary N) is 1. The van der Waals surface area contributed by atoms with Gasteiger partial charge in [-0.1, -0.05) is 13.0 Å². The van der Waals surface area contributed by atoms with Crippen LogP contribution >= 0.6 is 11.8 Å². The van der Waals surface area contributed by atoms with E-state index in [1.54, 1.807) is 0 Å². The Labute approximate surface area is 102 Å². The molecule has 16 heavy (non-hydrogen) atoms. The fraction of sp³-hybridized carbons (Fsp3) is 0.538. The minimum absolute atomic E-state index is 0.508. The first-order valence-corrected chi connectivity index (χ1v) is 6.88.